The van der Waals surface area contributed by atoms with Crippen molar-refractivity contribution in [3.8, 4) is 5.75 Å². The maximum absolute atomic E-state index is 12.1. The maximum atomic E-state index is 12.1. The molecule has 1 rings (SSSR count). The smallest absolute Gasteiger partial charge is 0.404 e. The molecule has 0 saturated heterocycles. The van der Waals surface area contributed by atoms with Crippen molar-refractivity contribution in [3.63, 3.8) is 0 Å². The highest BCUT2D eigenvalue weighted by Gasteiger charge is 2.33. The fourth-order valence-corrected chi connectivity index (χ4v) is 2.06. The van der Waals surface area contributed by atoms with Crippen LogP contribution in [-0.2, 0) is 15.4 Å². The average molecular weight is 334 g/mol. The summed E-state index contributed by atoms with van der Waals surface area (Å²) in [6.07, 6.45) is -4.98. The van der Waals surface area contributed by atoms with Crippen molar-refractivity contribution in [2.45, 2.75) is 16.6 Å². The second-order valence-corrected chi connectivity index (χ2v) is 5.10. The van der Waals surface area contributed by atoms with Gasteiger partial charge in [0.05, 0.1) is 0 Å². The number of primary sulfonamides is 1. The summed E-state index contributed by atoms with van der Waals surface area (Å²) in [5.41, 5.74) is 0.427. The lowest BCUT2D eigenvalue weighted by atomic mass is 10.2. The van der Waals surface area contributed by atoms with Gasteiger partial charge in [0.1, 0.15) is 10.6 Å². The first kappa shape index (κ1) is 14.3. The van der Waals surface area contributed by atoms with Crippen LogP contribution < -0.4 is 9.88 Å². The minimum absolute atomic E-state index is 0.256. The Morgan fingerprint density at radius 1 is 1.35 bits per heavy atom. The number of alkyl halides is 4. The normalized spacial score (nSPS) is 12.5. The number of sulfonamides is 1. The van der Waals surface area contributed by atoms with Crippen molar-refractivity contribution in [3.05, 3.63) is 23.8 Å². The number of hydrogen-bond acceptors (Lipinski definition) is 3. The molecule has 1 aromatic carbocycles. The summed E-state index contributed by atoms with van der Waals surface area (Å²) < 4.78 is 62.0. The van der Waals surface area contributed by atoms with Gasteiger partial charge in [-0.3, -0.25) is 0 Å². The lowest BCUT2D eigenvalue weighted by Crippen LogP contribution is -2.21. The Kier molecular flexibility index (Phi) is 4.05. The Morgan fingerprint density at radius 3 is 2.35 bits per heavy atom. The summed E-state index contributed by atoms with van der Waals surface area (Å²) in [4.78, 5) is -0.709. The average Bonchev–Trinajstić information content (AvgIpc) is 2.13. The van der Waals surface area contributed by atoms with Crippen molar-refractivity contribution in [2.24, 2.45) is 5.14 Å². The molecule has 96 valence electrons. The molecule has 0 bridgehead atoms. The van der Waals surface area contributed by atoms with Gasteiger partial charge in [-0.2, -0.15) is 0 Å². The van der Waals surface area contributed by atoms with Crippen molar-refractivity contribution in [1.82, 2.24) is 0 Å². The first-order valence-corrected chi connectivity index (χ1v) is 6.77. The van der Waals surface area contributed by atoms with Crippen LogP contribution in [0.15, 0.2) is 23.1 Å². The van der Waals surface area contributed by atoms with E-state index < -0.39 is 27.0 Å². The molecular weight excluding hydrogens is 327 g/mol. The highest BCUT2D eigenvalue weighted by molar-refractivity contribution is 9.08. The molecule has 0 saturated carbocycles. The van der Waals surface area contributed by atoms with Gasteiger partial charge in [-0.05, 0) is 17.7 Å². The molecule has 0 aromatic heterocycles. The minimum Gasteiger partial charge on any atom is -0.404 e. The van der Waals surface area contributed by atoms with Gasteiger partial charge in [-0.15, -0.1) is 13.2 Å². The SMILES string of the molecule is NS(=O)(=O)c1ccc(CBr)cc1OC(F)(F)F. The molecule has 1 aromatic rings. The second kappa shape index (κ2) is 4.83. The Balaban J connectivity index is 3.32. The molecule has 9 heteroatoms. The van der Waals surface area contributed by atoms with E-state index in [0.717, 1.165) is 12.1 Å². The molecule has 0 aliphatic rings. The summed E-state index contributed by atoms with van der Waals surface area (Å²) >= 11 is 3.03. The largest absolute Gasteiger partial charge is 0.573 e. The van der Waals surface area contributed by atoms with Crippen LogP contribution in [0.5, 0.6) is 5.75 Å². The molecular formula is C8H7BrF3NO3S. The fraction of sp³-hybridized carbons (Fsp3) is 0.250. The lowest BCUT2D eigenvalue weighted by Gasteiger charge is -2.12. The number of nitrogens with two attached hydrogens (primary N) is 1. The van der Waals surface area contributed by atoms with Crippen LogP contribution in [-0.4, -0.2) is 14.8 Å². The molecule has 0 amide bonds. The quantitative estimate of drug-likeness (QED) is 0.861. The molecule has 0 atom stereocenters. The fourth-order valence-electron chi connectivity index (χ4n) is 1.08. The molecule has 0 aliphatic heterocycles. The highest BCUT2D eigenvalue weighted by Crippen LogP contribution is 2.30. The monoisotopic (exact) mass is 333 g/mol. The molecule has 2 N–H and O–H groups in total. The number of benzene rings is 1. The minimum atomic E-state index is -4.98. The zero-order valence-corrected chi connectivity index (χ0v) is 10.6. The molecule has 0 fully saturated rings. The van der Waals surface area contributed by atoms with E-state index in [-0.39, 0.29) is 5.33 Å². The molecule has 0 aliphatic carbocycles. The van der Waals surface area contributed by atoms with Gasteiger partial charge in [0, 0.05) is 5.33 Å². The maximum Gasteiger partial charge on any atom is 0.573 e. The van der Waals surface area contributed by atoms with Crippen LogP contribution in [0.4, 0.5) is 13.2 Å². The summed E-state index contributed by atoms with van der Waals surface area (Å²) in [7, 11) is -4.27. The first-order chi connectivity index (χ1) is 7.63. The van der Waals surface area contributed by atoms with Crippen LogP contribution in [0, 0.1) is 0 Å². The lowest BCUT2D eigenvalue weighted by molar-refractivity contribution is -0.275. The summed E-state index contributed by atoms with van der Waals surface area (Å²) in [6, 6.07) is 3.26. The van der Waals surface area contributed by atoms with Crippen molar-refractivity contribution in [2.75, 3.05) is 0 Å². The van der Waals surface area contributed by atoms with Crippen molar-refractivity contribution >= 4 is 26.0 Å². The molecule has 0 spiro atoms. The van der Waals surface area contributed by atoms with Crippen LogP contribution in [0.3, 0.4) is 0 Å². The number of rotatable bonds is 3. The third-order valence-electron chi connectivity index (χ3n) is 1.69. The van der Waals surface area contributed by atoms with Gasteiger partial charge < -0.3 is 4.74 Å². The molecule has 0 unspecified atom stereocenters. The van der Waals surface area contributed by atoms with E-state index in [9.17, 15) is 21.6 Å². The van der Waals surface area contributed by atoms with Crippen molar-refractivity contribution < 1.29 is 26.3 Å². The van der Waals surface area contributed by atoms with E-state index in [4.69, 9.17) is 5.14 Å². The summed E-state index contributed by atoms with van der Waals surface area (Å²) in [5.74, 6) is -0.836. The summed E-state index contributed by atoms with van der Waals surface area (Å²) in [5, 5.41) is 5.04. The second-order valence-electron chi connectivity index (χ2n) is 3.01. The number of hydrogen-bond donors (Lipinski definition) is 1. The number of ether oxygens (including phenoxy) is 1. The van der Waals surface area contributed by atoms with Crippen molar-refractivity contribution in [1.29, 1.82) is 0 Å². The van der Waals surface area contributed by atoms with E-state index in [1.807, 2.05) is 0 Å². The van der Waals surface area contributed by atoms with Gasteiger partial charge in [0.2, 0.25) is 10.0 Å². The standard InChI is InChI=1S/C8H7BrF3NO3S/c9-4-5-1-2-7(17(13,14)15)6(3-5)16-8(10,11)12/h1-3H,4H2,(H2,13,14,15). The zero-order chi connectivity index (χ0) is 13.3. The van der Waals surface area contributed by atoms with Crippen LogP contribution >= 0.6 is 15.9 Å². The predicted molar refractivity (Wildman–Crippen MR) is 57.1 cm³/mol. The Bertz CT molecular complexity index is 515. The summed E-state index contributed by atoms with van der Waals surface area (Å²) in [6.45, 7) is 0. The molecule has 0 heterocycles. The Morgan fingerprint density at radius 2 is 1.94 bits per heavy atom. The van der Waals surface area contributed by atoms with Crippen LogP contribution in [0.25, 0.3) is 0 Å². The topological polar surface area (TPSA) is 69.4 Å². The van der Waals surface area contributed by atoms with E-state index in [0.29, 0.717) is 5.56 Å². The number of halogens is 4. The van der Waals surface area contributed by atoms with Crippen LogP contribution in [0.1, 0.15) is 5.56 Å². The molecule has 4 nitrogen and oxygen atoms in total. The van der Waals surface area contributed by atoms with Gasteiger partial charge in [0.15, 0.2) is 0 Å². The van der Waals surface area contributed by atoms with Gasteiger partial charge >= 0.3 is 6.36 Å². The van der Waals surface area contributed by atoms with Gasteiger partial charge in [-0.25, -0.2) is 13.6 Å². The third kappa shape index (κ3) is 4.17. The van der Waals surface area contributed by atoms with E-state index in [2.05, 4.69) is 20.7 Å². The molecule has 17 heavy (non-hydrogen) atoms. The predicted octanol–water partition coefficient (Wildman–Crippen LogP) is 2.13. The highest BCUT2D eigenvalue weighted by atomic mass is 79.9. The molecule has 0 radical (unpaired) electrons. The van der Waals surface area contributed by atoms with Gasteiger partial charge in [-0.1, -0.05) is 22.0 Å². The first-order valence-electron chi connectivity index (χ1n) is 4.11. The van der Waals surface area contributed by atoms with Gasteiger partial charge in [0.25, 0.3) is 0 Å². The Labute approximate surface area is 104 Å². The van der Waals surface area contributed by atoms with E-state index in [1.54, 1.807) is 0 Å². The van der Waals surface area contributed by atoms with Crippen LogP contribution in [0.2, 0.25) is 0 Å². The van der Waals surface area contributed by atoms with E-state index >= 15 is 0 Å². The Hall–Kier alpha value is -0.800. The zero-order valence-electron chi connectivity index (χ0n) is 8.16. The third-order valence-corrected chi connectivity index (χ3v) is 3.29. The van der Waals surface area contributed by atoms with E-state index in [1.165, 1.54) is 6.07 Å².